The molecule has 0 aliphatic heterocycles. The number of halogens is 1. The molecule has 2 nitrogen and oxygen atoms in total. The van der Waals surface area contributed by atoms with E-state index >= 15 is 0 Å². The van der Waals surface area contributed by atoms with E-state index in [1.165, 1.54) is 23.6 Å². The molecule has 1 heterocycles. The van der Waals surface area contributed by atoms with Crippen molar-refractivity contribution in [2.75, 3.05) is 0 Å². The number of hydrogen-bond donors (Lipinski definition) is 0. The summed E-state index contributed by atoms with van der Waals surface area (Å²) in [4.78, 5) is 8.65. The Labute approximate surface area is 120 Å². The molecule has 0 saturated heterocycles. The van der Waals surface area contributed by atoms with Gasteiger partial charge in [0.05, 0.1) is 5.69 Å². The SMILES string of the molecule is Fc1ccccc1/C=N/c1nc(-c2ccccc2)cs1. The summed E-state index contributed by atoms with van der Waals surface area (Å²) in [6.45, 7) is 0. The number of rotatable bonds is 3. The first kappa shape index (κ1) is 12.7. The van der Waals surface area contributed by atoms with Gasteiger partial charge in [0.1, 0.15) is 5.82 Å². The Morgan fingerprint density at radius 2 is 1.75 bits per heavy atom. The summed E-state index contributed by atoms with van der Waals surface area (Å²) in [6, 6.07) is 16.4. The molecular formula is C16H11FN2S. The van der Waals surface area contributed by atoms with Crippen molar-refractivity contribution in [2.24, 2.45) is 4.99 Å². The molecule has 0 spiro atoms. The monoisotopic (exact) mass is 282 g/mol. The molecule has 1 aromatic heterocycles. The third-order valence-electron chi connectivity index (χ3n) is 2.78. The molecule has 0 saturated carbocycles. The van der Waals surface area contributed by atoms with Crippen LogP contribution >= 0.6 is 11.3 Å². The van der Waals surface area contributed by atoms with E-state index in [2.05, 4.69) is 9.98 Å². The van der Waals surface area contributed by atoms with E-state index in [9.17, 15) is 4.39 Å². The van der Waals surface area contributed by atoms with Gasteiger partial charge in [0.15, 0.2) is 0 Å². The van der Waals surface area contributed by atoms with Crippen molar-refractivity contribution < 1.29 is 4.39 Å². The zero-order valence-electron chi connectivity index (χ0n) is 10.5. The van der Waals surface area contributed by atoms with Crippen molar-refractivity contribution >= 4 is 22.7 Å². The summed E-state index contributed by atoms with van der Waals surface area (Å²) in [7, 11) is 0. The topological polar surface area (TPSA) is 25.2 Å². The first-order valence-corrected chi connectivity index (χ1v) is 7.00. The van der Waals surface area contributed by atoms with Crippen molar-refractivity contribution in [3.05, 3.63) is 71.4 Å². The average molecular weight is 282 g/mol. The number of benzene rings is 2. The highest BCUT2D eigenvalue weighted by Crippen LogP contribution is 2.26. The number of hydrogen-bond acceptors (Lipinski definition) is 3. The molecule has 0 amide bonds. The second kappa shape index (κ2) is 5.75. The molecule has 3 rings (SSSR count). The predicted molar refractivity (Wildman–Crippen MR) is 81.2 cm³/mol. The van der Waals surface area contributed by atoms with Crippen molar-refractivity contribution in [3.63, 3.8) is 0 Å². The number of aromatic nitrogens is 1. The Hall–Kier alpha value is -2.33. The lowest BCUT2D eigenvalue weighted by molar-refractivity contribution is 0.626. The smallest absolute Gasteiger partial charge is 0.209 e. The van der Waals surface area contributed by atoms with E-state index in [-0.39, 0.29) is 5.82 Å². The molecule has 3 aromatic rings. The summed E-state index contributed by atoms with van der Waals surface area (Å²) in [5.74, 6) is -0.281. The molecule has 0 fully saturated rings. The largest absolute Gasteiger partial charge is 0.227 e. The van der Waals surface area contributed by atoms with E-state index in [4.69, 9.17) is 0 Å². The van der Waals surface area contributed by atoms with Crippen LogP contribution in [0, 0.1) is 5.82 Å². The van der Waals surface area contributed by atoms with E-state index < -0.39 is 0 Å². The summed E-state index contributed by atoms with van der Waals surface area (Å²) in [6.07, 6.45) is 1.50. The van der Waals surface area contributed by atoms with Gasteiger partial charge in [-0.05, 0) is 6.07 Å². The fourth-order valence-corrected chi connectivity index (χ4v) is 2.44. The van der Waals surface area contributed by atoms with Gasteiger partial charge in [-0.2, -0.15) is 0 Å². The normalized spacial score (nSPS) is 11.1. The van der Waals surface area contributed by atoms with E-state index in [1.807, 2.05) is 35.7 Å². The molecule has 4 heteroatoms. The molecule has 0 bridgehead atoms. The Morgan fingerprint density at radius 3 is 2.55 bits per heavy atom. The van der Waals surface area contributed by atoms with Gasteiger partial charge in [-0.1, -0.05) is 48.5 Å². The van der Waals surface area contributed by atoms with Crippen LogP contribution in [-0.4, -0.2) is 11.2 Å². The van der Waals surface area contributed by atoms with E-state index in [0.29, 0.717) is 10.7 Å². The highest BCUT2D eigenvalue weighted by atomic mass is 32.1. The number of aliphatic imine (C=N–C) groups is 1. The Bertz CT molecular complexity index is 735. The number of nitrogens with zero attached hydrogens (tertiary/aromatic N) is 2. The van der Waals surface area contributed by atoms with Crippen LogP contribution < -0.4 is 0 Å². The molecule has 0 aliphatic carbocycles. The zero-order valence-corrected chi connectivity index (χ0v) is 11.3. The standard InChI is InChI=1S/C16H11FN2S/c17-14-9-5-4-8-13(14)10-18-16-19-15(11-20-16)12-6-2-1-3-7-12/h1-11H/b18-10+. The van der Waals surface area contributed by atoms with Gasteiger partial charge in [0.2, 0.25) is 5.13 Å². The first-order chi connectivity index (χ1) is 9.83. The van der Waals surface area contributed by atoms with Crippen LogP contribution in [0.15, 0.2) is 65.0 Å². The predicted octanol–water partition coefficient (Wildman–Crippen LogP) is 4.70. The zero-order chi connectivity index (χ0) is 13.8. The minimum Gasteiger partial charge on any atom is -0.227 e. The second-order valence-electron chi connectivity index (χ2n) is 4.16. The maximum absolute atomic E-state index is 13.5. The van der Waals surface area contributed by atoms with Crippen molar-refractivity contribution in [1.82, 2.24) is 4.98 Å². The van der Waals surface area contributed by atoms with Gasteiger partial charge in [-0.3, -0.25) is 0 Å². The fourth-order valence-electron chi connectivity index (χ4n) is 1.77. The van der Waals surface area contributed by atoms with Gasteiger partial charge < -0.3 is 0 Å². The molecule has 0 aliphatic rings. The third kappa shape index (κ3) is 2.81. The summed E-state index contributed by atoms with van der Waals surface area (Å²) in [5, 5.41) is 2.57. The van der Waals surface area contributed by atoms with Crippen LogP contribution in [0.5, 0.6) is 0 Å². The summed E-state index contributed by atoms with van der Waals surface area (Å²) >= 11 is 1.44. The average Bonchev–Trinajstić information content (AvgIpc) is 2.96. The Balaban J connectivity index is 1.83. The van der Waals surface area contributed by atoms with Gasteiger partial charge >= 0.3 is 0 Å². The van der Waals surface area contributed by atoms with Crippen molar-refractivity contribution in [1.29, 1.82) is 0 Å². The lowest BCUT2D eigenvalue weighted by Gasteiger charge is -1.94. The van der Waals surface area contributed by atoms with Crippen molar-refractivity contribution in [3.8, 4) is 11.3 Å². The highest BCUT2D eigenvalue weighted by molar-refractivity contribution is 7.13. The molecular weight excluding hydrogens is 271 g/mol. The Morgan fingerprint density at radius 1 is 1.00 bits per heavy atom. The molecule has 0 N–H and O–H groups in total. The van der Waals surface area contributed by atoms with Gasteiger partial charge in [-0.25, -0.2) is 14.4 Å². The van der Waals surface area contributed by atoms with Crippen LogP contribution in [0.25, 0.3) is 11.3 Å². The molecule has 0 atom stereocenters. The van der Waals surface area contributed by atoms with Gasteiger partial charge in [0, 0.05) is 22.7 Å². The molecule has 0 unspecified atom stereocenters. The molecule has 20 heavy (non-hydrogen) atoms. The van der Waals surface area contributed by atoms with Crippen LogP contribution in [-0.2, 0) is 0 Å². The minimum atomic E-state index is -0.281. The first-order valence-electron chi connectivity index (χ1n) is 6.12. The van der Waals surface area contributed by atoms with Crippen LogP contribution in [0.1, 0.15) is 5.56 Å². The van der Waals surface area contributed by atoms with E-state index in [1.54, 1.807) is 18.2 Å². The van der Waals surface area contributed by atoms with Crippen LogP contribution in [0.4, 0.5) is 9.52 Å². The quantitative estimate of drug-likeness (QED) is 0.639. The fraction of sp³-hybridized carbons (Fsp3) is 0. The molecule has 0 radical (unpaired) electrons. The summed E-state index contributed by atoms with van der Waals surface area (Å²) < 4.78 is 13.5. The lowest BCUT2D eigenvalue weighted by Crippen LogP contribution is -1.85. The molecule has 98 valence electrons. The third-order valence-corrected chi connectivity index (χ3v) is 3.53. The molecule has 2 aromatic carbocycles. The van der Waals surface area contributed by atoms with Crippen molar-refractivity contribution in [2.45, 2.75) is 0 Å². The van der Waals surface area contributed by atoms with Crippen LogP contribution in [0.3, 0.4) is 0 Å². The second-order valence-corrected chi connectivity index (χ2v) is 5.00. The van der Waals surface area contributed by atoms with Gasteiger partial charge in [-0.15, -0.1) is 11.3 Å². The van der Waals surface area contributed by atoms with E-state index in [0.717, 1.165) is 11.3 Å². The Kier molecular flexibility index (Phi) is 3.65. The number of thiazole rings is 1. The van der Waals surface area contributed by atoms with Crippen LogP contribution in [0.2, 0.25) is 0 Å². The van der Waals surface area contributed by atoms with Gasteiger partial charge in [0.25, 0.3) is 0 Å². The maximum Gasteiger partial charge on any atom is 0.209 e. The lowest BCUT2D eigenvalue weighted by atomic mass is 10.2. The highest BCUT2D eigenvalue weighted by Gasteiger charge is 2.03. The summed E-state index contributed by atoms with van der Waals surface area (Å²) in [5.41, 5.74) is 2.40. The maximum atomic E-state index is 13.5. The minimum absolute atomic E-state index is 0.281.